The van der Waals surface area contributed by atoms with Gasteiger partial charge in [-0.1, -0.05) is 51.1 Å². The van der Waals surface area contributed by atoms with E-state index in [2.05, 4.69) is 44.0 Å². The van der Waals surface area contributed by atoms with E-state index in [-0.39, 0.29) is 11.5 Å². The molecule has 0 radical (unpaired) electrons. The Morgan fingerprint density at radius 3 is 2.60 bits per heavy atom. The Morgan fingerprint density at radius 2 is 1.96 bits per heavy atom. The van der Waals surface area contributed by atoms with Gasteiger partial charge < -0.3 is 5.11 Å². The molecule has 3 rings (SSSR count). The van der Waals surface area contributed by atoms with Crippen molar-refractivity contribution < 1.29 is 9.90 Å². The second kappa shape index (κ2) is 7.00. The fourth-order valence-electron chi connectivity index (χ4n) is 3.58. The van der Waals surface area contributed by atoms with E-state index in [1.54, 1.807) is 0 Å². The number of hydrogen-bond donors (Lipinski definition) is 1. The van der Waals surface area contributed by atoms with E-state index in [0.717, 1.165) is 37.2 Å². The van der Waals surface area contributed by atoms with Gasteiger partial charge in [-0.15, -0.1) is 0 Å². The average molecular weight is 341 g/mol. The zero-order valence-corrected chi connectivity index (χ0v) is 15.3. The normalized spacial score (nSPS) is 18.6. The fourth-order valence-corrected chi connectivity index (χ4v) is 3.58. The summed E-state index contributed by atoms with van der Waals surface area (Å²) in [6.45, 7) is 8.69. The van der Waals surface area contributed by atoms with Crippen molar-refractivity contribution in [3.8, 4) is 0 Å². The largest absolute Gasteiger partial charge is 0.480 e. The van der Waals surface area contributed by atoms with Gasteiger partial charge in [-0.2, -0.15) is 5.10 Å². The Bertz CT molecular complexity index is 731. The fraction of sp³-hybridized carbons (Fsp3) is 0.500. The summed E-state index contributed by atoms with van der Waals surface area (Å²) >= 11 is 0. The van der Waals surface area contributed by atoms with Crippen LogP contribution in [0, 0.1) is 0 Å². The molecule has 1 saturated heterocycles. The average Bonchev–Trinajstić information content (AvgIpc) is 3.15. The third-order valence-corrected chi connectivity index (χ3v) is 4.76. The third-order valence-electron chi connectivity index (χ3n) is 4.76. The molecule has 0 spiro atoms. The highest BCUT2D eigenvalue weighted by Gasteiger charge is 2.32. The molecule has 5 heteroatoms. The molecule has 25 heavy (non-hydrogen) atoms. The van der Waals surface area contributed by atoms with Gasteiger partial charge in [0.05, 0.1) is 12.2 Å². The van der Waals surface area contributed by atoms with E-state index in [0.29, 0.717) is 6.54 Å². The van der Waals surface area contributed by atoms with Gasteiger partial charge in [-0.05, 0) is 24.9 Å². The molecule has 0 bridgehead atoms. The predicted molar refractivity (Wildman–Crippen MR) is 97.5 cm³/mol. The maximum atomic E-state index is 11.5. The maximum Gasteiger partial charge on any atom is 0.320 e. The lowest BCUT2D eigenvalue weighted by atomic mass is 9.89. The Balaban J connectivity index is 1.85. The van der Waals surface area contributed by atoms with Crippen molar-refractivity contribution in [1.29, 1.82) is 0 Å². The summed E-state index contributed by atoms with van der Waals surface area (Å²) in [6.07, 6.45) is 3.77. The van der Waals surface area contributed by atoms with Crippen LogP contribution in [-0.4, -0.2) is 38.3 Å². The van der Waals surface area contributed by atoms with Crippen molar-refractivity contribution in [3.05, 3.63) is 53.3 Å². The van der Waals surface area contributed by atoms with Crippen LogP contribution in [0.4, 0.5) is 0 Å². The van der Waals surface area contributed by atoms with E-state index in [4.69, 9.17) is 5.10 Å². The second-order valence-corrected chi connectivity index (χ2v) is 7.90. The summed E-state index contributed by atoms with van der Waals surface area (Å²) in [5.41, 5.74) is 3.33. The Hall–Kier alpha value is -2.14. The highest BCUT2D eigenvalue weighted by molar-refractivity contribution is 5.73. The van der Waals surface area contributed by atoms with Crippen molar-refractivity contribution in [2.24, 2.45) is 0 Å². The molecule has 1 aliphatic heterocycles. The SMILES string of the molecule is CC(C)(C)c1nn(Cc2ccccc2)cc1CN1CCC[C@H]1C(=O)O. The molecule has 1 atom stereocenters. The van der Waals surface area contributed by atoms with Crippen LogP contribution in [0.25, 0.3) is 0 Å². The van der Waals surface area contributed by atoms with Gasteiger partial charge in [0.25, 0.3) is 0 Å². The molecular formula is C20H27N3O2. The number of benzene rings is 1. The topological polar surface area (TPSA) is 58.4 Å². The van der Waals surface area contributed by atoms with Gasteiger partial charge in [-0.25, -0.2) is 0 Å². The van der Waals surface area contributed by atoms with Crippen LogP contribution in [-0.2, 0) is 23.3 Å². The molecule has 2 heterocycles. The standard InChI is InChI=1S/C20H27N3O2/c1-20(2,3)18-16(13-22-11-7-10-17(22)19(24)25)14-23(21-18)12-15-8-5-4-6-9-15/h4-6,8-9,14,17H,7,10-13H2,1-3H3,(H,24,25)/t17-/m0/s1. The van der Waals surface area contributed by atoms with Crippen LogP contribution in [0.3, 0.4) is 0 Å². The summed E-state index contributed by atoms with van der Waals surface area (Å²) in [7, 11) is 0. The summed E-state index contributed by atoms with van der Waals surface area (Å²) in [5.74, 6) is -0.716. The maximum absolute atomic E-state index is 11.5. The van der Waals surface area contributed by atoms with E-state index < -0.39 is 5.97 Å². The number of carboxylic acid groups (broad SMARTS) is 1. The molecule has 0 saturated carbocycles. The molecular weight excluding hydrogens is 314 g/mol. The van der Waals surface area contributed by atoms with Crippen molar-refractivity contribution in [3.63, 3.8) is 0 Å². The van der Waals surface area contributed by atoms with Crippen molar-refractivity contribution in [2.75, 3.05) is 6.54 Å². The minimum atomic E-state index is -0.716. The molecule has 1 aromatic heterocycles. The first-order valence-corrected chi connectivity index (χ1v) is 8.92. The Morgan fingerprint density at radius 1 is 1.24 bits per heavy atom. The van der Waals surface area contributed by atoms with Gasteiger partial charge in [0.2, 0.25) is 0 Å². The zero-order chi connectivity index (χ0) is 18.0. The highest BCUT2D eigenvalue weighted by Crippen LogP contribution is 2.28. The van der Waals surface area contributed by atoms with E-state index in [1.165, 1.54) is 5.56 Å². The first kappa shape index (κ1) is 17.7. The summed E-state index contributed by atoms with van der Waals surface area (Å²) in [6, 6.07) is 9.90. The van der Waals surface area contributed by atoms with Gasteiger partial charge in [0.1, 0.15) is 6.04 Å². The van der Waals surface area contributed by atoms with Gasteiger partial charge in [-0.3, -0.25) is 14.4 Å². The number of likely N-dealkylation sites (tertiary alicyclic amines) is 1. The molecule has 1 N–H and O–H groups in total. The van der Waals surface area contributed by atoms with E-state index in [9.17, 15) is 9.90 Å². The molecule has 5 nitrogen and oxygen atoms in total. The first-order valence-electron chi connectivity index (χ1n) is 8.92. The summed E-state index contributed by atoms with van der Waals surface area (Å²) in [5, 5.41) is 14.3. The van der Waals surface area contributed by atoms with Gasteiger partial charge >= 0.3 is 5.97 Å². The molecule has 1 aliphatic rings. The van der Waals surface area contributed by atoms with Crippen LogP contribution in [0.1, 0.15) is 50.4 Å². The first-order chi connectivity index (χ1) is 11.8. The number of carbonyl (C=O) groups is 1. The molecule has 2 aromatic rings. The van der Waals surface area contributed by atoms with Crippen LogP contribution in [0.2, 0.25) is 0 Å². The quantitative estimate of drug-likeness (QED) is 0.907. The number of hydrogen-bond acceptors (Lipinski definition) is 3. The van der Waals surface area contributed by atoms with Crippen LogP contribution in [0.15, 0.2) is 36.5 Å². The summed E-state index contributed by atoms with van der Waals surface area (Å²) < 4.78 is 1.98. The second-order valence-electron chi connectivity index (χ2n) is 7.90. The van der Waals surface area contributed by atoms with E-state index in [1.807, 2.05) is 22.9 Å². The molecule has 0 aliphatic carbocycles. The lowest BCUT2D eigenvalue weighted by molar-refractivity contribution is -0.142. The molecule has 134 valence electrons. The molecule has 0 unspecified atom stereocenters. The smallest absolute Gasteiger partial charge is 0.320 e. The highest BCUT2D eigenvalue weighted by atomic mass is 16.4. The van der Waals surface area contributed by atoms with Crippen molar-refractivity contribution in [1.82, 2.24) is 14.7 Å². The Kier molecular flexibility index (Phi) is 4.95. The lowest BCUT2D eigenvalue weighted by Crippen LogP contribution is -2.35. The van der Waals surface area contributed by atoms with Crippen molar-refractivity contribution >= 4 is 5.97 Å². The van der Waals surface area contributed by atoms with Crippen LogP contribution in [0.5, 0.6) is 0 Å². The zero-order valence-electron chi connectivity index (χ0n) is 15.3. The number of aromatic nitrogens is 2. The van der Waals surface area contributed by atoms with Gasteiger partial charge in [0.15, 0.2) is 0 Å². The lowest BCUT2D eigenvalue weighted by Gasteiger charge is -2.23. The minimum Gasteiger partial charge on any atom is -0.480 e. The van der Waals surface area contributed by atoms with E-state index >= 15 is 0 Å². The predicted octanol–water partition coefficient (Wildman–Crippen LogP) is 3.28. The van der Waals surface area contributed by atoms with Crippen molar-refractivity contribution in [2.45, 2.75) is 58.2 Å². The molecule has 1 aromatic carbocycles. The van der Waals surface area contributed by atoms with Crippen LogP contribution < -0.4 is 0 Å². The van der Waals surface area contributed by atoms with Gasteiger partial charge in [0, 0.05) is 23.7 Å². The third kappa shape index (κ3) is 4.10. The summed E-state index contributed by atoms with van der Waals surface area (Å²) in [4.78, 5) is 13.5. The number of nitrogens with zero attached hydrogens (tertiary/aromatic N) is 3. The Labute approximate surface area is 149 Å². The molecule has 0 amide bonds. The number of carboxylic acids is 1. The minimum absolute atomic E-state index is 0.0737. The number of rotatable bonds is 5. The monoisotopic (exact) mass is 341 g/mol. The number of aliphatic carboxylic acids is 1. The van der Waals surface area contributed by atoms with Crippen LogP contribution >= 0.6 is 0 Å². The molecule has 1 fully saturated rings.